The first-order valence-corrected chi connectivity index (χ1v) is 11.1. The van der Waals surface area contributed by atoms with Gasteiger partial charge in [-0.05, 0) is 50.7 Å². The van der Waals surface area contributed by atoms with Crippen molar-refractivity contribution in [2.24, 2.45) is 5.92 Å². The highest BCUT2D eigenvalue weighted by molar-refractivity contribution is 7.17. The fourth-order valence-corrected chi connectivity index (χ4v) is 5.09. The molecule has 1 aliphatic carbocycles. The summed E-state index contributed by atoms with van der Waals surface area (Å²) in [4.78, 5) is 48.9. The van der Waals surface area contributed by atoms with Crippen LogP contribution in [-0.2, 0) is 27.1 Å². The maximum atomic E-state index is 12.5. The summed E-state index contributed by atoms with van der Waals surface area (Å²) in [5.74, 6) is -1.46. The Bertz CT molecular complexity index is 1080. The molecule has 1 amide bonds. The average molecular weight is 461 g/mol. The minimum absolute atomic E-state index is 0.0137. The Morgan fingerprint density at radius 2 is 2.00 bits per heavy atom. The largest absolute Gasteiger partial charge is 0.462 e. The summed E-state index contributed by atoms with van der Waals surface area (Å²) < 4.78 is 10.2. The number of hydrogen-bond donors (Lipinski definition) is 1. The smallest absolute Gasteiger partial charge is 0.341 e. The average Bonchev–Trinajstić information content (AvgIpc) is 3.08. The molecular formula is C22H24N2O7S. The lowest BCUT2D eigenvalue weighted by Crippen LogP contribution is -2.22. The van der Waals surface area contributed by atoms with E-state index in [0.29, 0.717) is 16.5 Å². The van der Waals surface area contributed by atoms with Crippen LogP contribution >= 0.6 is 11.3 Å². The summed E-state index contributed by atoms with van der Waals surface area (Å²) in [7, 11) is 0. The molecule has 0 bridgehead atoms. The molecule has 0 saturated heterocycles. The van der Waals surface area contributed by atoms with Crippen molar-refractivity contribution in [1.29, 1.82) is 0 Å². The third-order valence-electron chi connectivity index (χ3n) is 5.30. The van der Waals surface area contributed by atoms with Crippen molar-refractivity contribution in [2.45, 2.75) is 40.0 Å². The van der Waals surface area contributed by atoms with Gasteiger partial charge in [-0.1, -0.05) is 13.0 Å². The number of esters is 2. The predicted molar refractivity (Wildman–Crippen MR) is 118 cm³/mol. The van der Waals surface area contributed by atoms with Crippen LogP contribution in [0.4, 0.5) is 10.7 Å². The lowest BCUT2D eigenvalue weighted by Gasteiger charge is -2.18. The van der Waals surface area contributed by atoms with E-state index in [-0.39, 0.29) is 23.4 Å². The second-order valence-corrected chi connectivity index (χ2v) is 8.71. The number of amides is 1. The summed E-state index contributed by atoms with van der Waals surface area (Å²) in [6.45, 7) is 4.92. The molecule has 32 heavy (non-hydrogen) atoms. The van der Waals surface area contributed by atoms with Crippen LogP contribution in [0.15, 0.2) is 18.2 Å². The Balaban J connectivity index is 1.73. The number of nitro benzene ring substituents is 1. The maximum Gasteiger partial charge on any atom is 0.341 e. The minimum Gasteiger partial charge on any atom is -0.462 e. The minimum atomic E-state index is -0.841. The maximum absolute atomic E-state index is 12.5. The molecule has 0 saturated carbocycles. The van der Waals surface area contributed by atoms with Gasteiger partial charge in [0, 0.05) is 16.5 Å². The number of rotatable bonds is 7. The van der Waals surface area contributed by atoms with E-state index >= 15 is 0 Å². The molecule has 1 aromatic carbocycles. The van der Waals surface area contributed by atoms with Gasteiger partial charge in [-0.15, -0.1) is 11.3 Å². The lowest BCUT2D eigenvalue weighted by atomic mass is 9.88. The standard InChI is InChI=1S/C22H24N2O7S/c1-4-30-22(27)19-15-9-8-12(2)10-17(15)32-20(19)23-18(25)11-31-21(26)14-6-5-7-16(13(14)3)24(28)29/h5-7,12H,4,8-11H2,1-3H3,(H,23,25). The number of carbonyl (C=O) groups excluding carboxylic acids is 3. The van der Waals surface area contributed by atoms with Gasteiger partial charge in [0.2, 0.25) is 0 Å². The van der Waals surface area contributed by atoms with Crippen molar-refractivity contribution in [3.63, 3.8) is 0 Å². The molecule has 170 valence electrons. The van der Waals surface area contributed by atoms with Gasteiger partial charge < -0.3 is 14.8 Å². The molecule has 3 rings (SSSR count). The van der Waals surface area contributed by atoms with E-state index in [4.69, 9.17) is 9.47 Å². The van der Waals surface area contributed by atoms with Gasteiger partial charge in [0.15, 0.2) is 6.61 Å². The van der Waals surface area contributed by atoms with Crippen molar-refractivity contribution < 1.29 is 28.8 Å². The summed E-state index contributed by atoms with van der Waals surface area (Å²) in [6.07, 6.45) is 2.51. The zero-order chi connectivity index (χ0) is 23.4. The zero-order valence-electron chi connectivity index (χ0n) is 18.1. The quantitative estimate of drug-likeness (QED) is 0.375. The fraction of sp³-hybridized carbons (Fsp3) is 0.409. The van der Waals surface area contributed by atoms with Crippen LogP contribution < -0.4 is 5.32 Å². The van der Waals surface area contributed by atoms with Gasteiger partial charge in [-0.3, -0.25) is 14.9 Å². The van der Waals surface area contributed by atoms with E-state index in [0.717, 1.165) is 29.7 Å². The van der Waals surface area contributed by atoms with Crippen molar-refractivity contribution in [1.82, 2.24) is 0 Å². The monoisotopic (exact) mass is 460 g/mol. The van der Waals surface area contributed by atoms with Crippen molar-refractivity contribution in [3.8, 4) is 0 Å². The number of nitrogens with one attached hydrogen (secondary N) is 1. The molecule has 2 aromatic rings. The van der Waals surface area contributed by atoms with Crippen LogP contribution in [0.3, 0.4) is 0 Å². The topological polar surface area (TPSA) is 125 Å². The van der Waals surface area contributed by atoms with E-state index in [2.05, 4.69) is 12.2 Å². The Hall–Kier alpha value is -3.27. The molecule has 1 aromatic heterocycles. The van der Waals surface area contributed by atoms with E-state index in [1.165, 1.54) is 36.5 Å². The van der Waals surface area contributed by atoms with Crippen molar-refractivity contribution >= 4 is 39.9 Å². The Labute approximate surface area is 188 Å². The van der Waals surface area contributed by atoms with Crippen LogP contribution in [0, 0.1) is 23.0 Å². The fourth-order valence-electron chi connectivity index (χ4n) is 3.67. The van der Waals surface area contributed by atoms with Crippen molar-refractivity contribution in [2.75, 3.05) is 18.5 Å². The second-order valence-electron chi connectivity index (χ2n) is 7.61. The number of nitro groups is 1. The Morgan fingerprint density at radius 3 is 2.69 bits per heavy atom. The van der Waals surface area contributed by atoms with E-state index < -0.39 is 29.4 Å². The highest BCUT2D eigenvalue weighted by atomic mass is 32.1. The lowest BCUT2D eigenvalue weighted by molar-refractivity contribution is -0.385. The SMILES string of the molecule is CCOC(=O)c1c(NC(=O)COC(=O)c2cccc([N+](=O)[O-])c2C)sc2c1CCC(C)C2. The van der Waals surface area contributed by atoms with Gasteiger partial charge in [0.1, 0.15) is 5.00 Å². The van der Waals surface area contributed by atoms with E-state index in [1.807, 2.05) is 0 Å². The molecule has 1 unspecified atom stereocenters. The van der Waals surface area contributed by atoms with E-state index in [1.54, 1.807) is 6.92 Å². The molecule has 0 radical (unpaired) electrons. The van der Waals surface area contributed by atoms with Crippen LogP contribution in [0.1, 0.15) is 57.0 Å². The van der Waals surface area contributed by atoms with Gasteiger partial charge in [-0.25, -0.2) is 9.59 Å². The molecule has 0 fully saturated rings. The molecule has 1 N–H and O–H groups in total. The normalized spacial score (nSPS) is 14.9. The first kappa shape index (κ1) is 23.4. The van der Waals surface area contributed by atoms with Gasteiger partial charge in [0.05, 0.1) is 22.7 Å². The second kappa shape index (κ2) is 9.90. The van der Waals surface area contributed by atoms with Gasteiger partial charge >= 0.3 is 11.9 Å². The highest BCUT2D eigenvalue weighted by Gasteiger charge is 2.29. The molecule has 1 aliphatic rings. The Morgan fingerprint density at radius 1 is 1.25 bits per heavy atom. The van der Waals surface area contributed by atoms with E-state index in [9.17, 15) is 24.5 Å². The molecule has 1 heterocycles. The number of hydrogen-bond acceptors (Lipinski definition) is 8. The van der Waals surface area contributed by atoms with Crippen LogP contribution in [0.2, 0.25) is 0 Å². The van der Waals surface area contributed by atoms with Crippen LogP contribution in [-0.4, -0.2) is 36.0 Å². The van der Waals surface area contributed by atoms with Crippen LogP contribution in [0.5, 0.6) is 0 Å². The molecule has 9 nitrogen and oxygen atoms in total. The highest BCUT2D eigenvalue weighted by Crippen LogP contribution is 2.40. The Kier molecular flexibility index (Phi) is 7.24. The summed E-state index contributed by atoms with van der Waals surface area (Å²) in [6, 6.07) is 4.07. The first-order chi connectivity index (χ1) is 15.2. The summed E-state index contributed by atoms with van der Waals surface area (Å²) >= 11 is 1.34. The molecule has 1 atom stereocenters. The van der Waals surface area contributed by atoms with Crippen LogP contribution in [0.25, 0.3) is 0 Å². The predicted octanol–water partition coefficient (Wildman–Crippen LogP) is 4.06. The number of benzene rings is 1. The number of nitrogens with zero attached hydrogens (tertiary/aromatic N) is 1. The van der Waals surface area contributed by atoms with Gasteiger partial charge in [0.25, 0.3) is 11.6 Å². The first-order valence-electron chi connectivity index (χ1n) is 10.3. The summed E-state index contributed by atoms with van der Waals surface area (Å²) in [5, 5.41) is 14.1. The number of fused-ring (bicyclic) bond motifs is 1. The molecule has 0 aliphatic heterocycles. The number of thiophene rings is 1. The van der Waals surface area contributed by atoms with Gasteiger partial charge in [-0.2, -0.15) is 0 Å². The molecule has 0 spiro atoms. The molecule has 10 heteroatoms. The third kappa shape index (κ3) is 4.96. The number of carbonyl (C=O) groups is 3. The number of ether oxygens (including phenoxy) is 2. The zero-order valence-corrected chi connectivity index (χ0v) is 18.9. The number of anilines is 1. The third-order valence-corrected chi connectivity index (χ3v) is 6.47. The summed E-state index contributed by atoms with van der Waals surface area (Å²) in [5.41, 5.74) is 1.24. The molecular weight excluding hydrogens is 436 g/mol. The van der Waals surface area contributed by atoms with Crippen molar-refractivity contribution in [3.05, 3.63) is 55.4 Å².